The van der Waals surface area contributed by atoms with Crippen LogP contribution >= 0.6 is 0 Å². The first-order valence-electron chi connectivity index (χ1n) is 8.00. The van der Waals surface area contributed by atoms with Crippen LogP contribution in [-0.2, 0) is 14.3 Å². The third kappa shape index (κ3) is 15.3. The van der Waals surface area contributed by atoms with E-state index in [4.69, 9.17) is 4.74 Å². The predicted molar refractivity (Wildman–Crippen MR) is 85.1 cm³/mol. The maximum absolute atomic E-state index is 11.6. The first kappa shape index (κ1) is 20.1. The molecule has 0 saturated carbocycles. The Hall–Kier alpha value is -0.940. The van der Waals surface area contributed by atoms with Crippen molar-refractivity contribution in [3.05, 3.63) is 0 Å². The maximum atomic E-state index is 11.6. The lowest BCUT2D eigenvalue weighted by Gasteiger charge is -2.14. The van der Waals surface area contributed by atoms with Crippen molar-refractivity contribution in [1.82, 2.24) is 10.2 Å². The number of hydrogen-bond acceptors (Lipinski definition) is 4. The third-order valence-electron chi connectivity index (χ3n) is 3.32. The van der Waals surface area contributed by atoms with Gasteiger partial charge in [-0.1, -0.05) is 12.8 Å². The van der Waals surface area contributed by atoms with E-state index in [-0.39, 0.29) is 11.7 Å². The Kier molecular flexibility index (Phi) is 13.4. The van der Waals surface area contributed by atoms with E-state index < -0.39 is 0 Å². The average molecular weight is 300 g/mol. The van der Waals surface area contributed by atoms with Crippen LogP contribution in [0.4, 0.5) is 0 Å². The van der Waals surface area contributed by atoms with Gasteiger partial charge in [0.05, 0.1) is 6.73 Å². The van der Waals surface area contributed by atoms with Crippen LogP contribution in [0.25, 0.3) is 0 Å². The Morgan fingerprint density at radius 3 is 2.33 bits per heavy atom. The van der Waals surface area contributed by atoms with E-state index in [1.54, 1.807) is 14.0 Å². The summed E-state index contributed by atoms with van der Waals surface area (Å²) in [5.41, 5.74) is 0. The molecule has 0 saturated heterocycles. The van der Waals surface area contributed by atoms with Gasteiger partial charge in [0.2, 0.25) is 5.91 Å². The molecule has 0 spiro atoms. The van der Waals surface area contributed by atoms with Gasteiger partial charge in [0, 0.05) is 26.5 Å². The van der Waals surface area contributed by atoms with Crippen LogP contribution in [0.15, 0.2) is 0 Å². The molecule has 1 amide bonds. The number of Topliss-reactive ketones (excluding diaryl/α,β-unsaturated/α-hetero) is 1. The molecule has 21 heavy (non-hydrogen) atoms. The van der Waals surface area contributed by atoms with Gasteiger partial charge in [0.1, 0.15) is 5.78 Å². The standard InChI is InChI=1S/C16H32N2O3/c1-15(19)10-6-4-8-12-17-16(20)11-7-5-9-13-18(2)14-21-3/h4-14H2,1-3H3,(H,17,20). The number of methoxy groups -OCH3 is 1. The molecule has 0 aliphatic heterocycles. The highest BCUT2D eigenvalue weighted by molar-refractivity contribution is 5.75. The number of nitrogens with zero attached hydrogens (tertiary/aromatic N) is 1. The Morgan fingerprint density at radius 1 is 1.00 bits per heavy atom. The summed E-state index contributed by atoms with van der Waals surface area (Å²) < 4.78 is 5.03. The molecule has 0 heterocycles. The van der Waals surface area contributed by atoms with Gasteiger partial charge < -0.3 is 14.8 Å². The molecule has 0 aliphatic carbocycles. The Labute approximate surface area is 129 Å². The number of nitrogens with one attached hydrogen (secondary N) is 1. The van der Waals surface area contributed by atoms with Crippen molar-refractivity contribution >= 4 is 11.7 Å². The minimum absolute atomic E-state index is 0.145. The molecule has 5 nitrogen and oxygen atoms in total. The number of carbonyl (C=O) groups excluding carboxylic acids is 2. The summed E-state index contributed by atoms with van der Waals surface area (Å²) in [6.45, 7) is 4.01. The first-order chi connectivity index (χ1) is 10.1. The van der Waals surface area contributed by atoms with Gasteiger partial charge in [-0.3, -0.25) is 9.69 Å². The lowest BCUT2D eigenvalue weighted by molar-refractivity contribution is -0.121. The van der Waals surface area contributed by atoms with Crippen LogP contribution in [0.2, 0.25) is 0 Å². The van der Waals surface area contributed by atoms with E-state index in [9.17, 15) is 9.59 Å². The highest BCUT2D eigenvalue weighted by Gasteiger charge is 2.02. The minimum Gasteiger partial charge on any atom is -0.369 e. The second-order valence-corrected chi connectivity index (χ2v) is 5.67. The van der Waals surface area contributed by atoms with Gasteiger partial charge in [-0.25, -0.2) is 0 Å². The quantitative estimate of drug-likeness (QED) is 0.395. The molecule has 1 N–H and O–H groups in total. The number of amides is 1. The molecule has 0 radical (unpaired) electrons. The second-order valence-electron chi connectivity index (χ2n) is 5.67. The van der Waals surface area contributed by atoms with Crippen molar-refractivity contribution in [3.63, 3.8) is 0 Å². The molecule has 0 aliphatic rings. The number of rotatable bonds is 14. The summed E-state index contributed by atoms with van der Waals surface area (Å²) >= 11 is 0. The minimum atomic E-state index is 0.145. The van der Waals surface area contributed by atoms with E-state index >= 15 is 0 Å². The normalized spacial score (nSPS) is 10.9. The molecule has 0 bridgehead atoms. The summed E-state index contributed by atoms with van der Waals surface area (Å²) in [4.78, 5) is 24.5. The molecule has 0 rings (SSSR count). The molecule has 0 fully saturated rings. The molecule has 124 valence electrons. The highest BCUT2D eigenvalue weighted by atomic mass is 16.5. The first-order valence-corrected chi connectivity index (χ1v) is 8.00. The molecule has 0 aromatic carbocycles. The van der Waals surface area contributed by atoms with Crippen LogP contribution < -0.4 is 5.32 Å². The summed E-state index contributed by atoms with van der Waals surface area (Å²) in [7, 11) is 3.73. The number of ether oxygens (including phenoxy) is 1. The molecule has 0 aromatic rings. The summed E-state index contributed by atoms with van der Waals surface area (Å²) in [5, 5.41) is 2.94. The number of carbonyl (C=O) groups is 2. The van der Waals surface area contributed by atoms with Crippen molar-refractivity contribution < 1.29 is 14.3 Å². The topological polar surface area (TPSA) is 58.6 Å². The SMILES string of the molecule is COCN(C)CCCCCC(=O)NCCCCCC(C)=O. The fraction of sp³-hybridized carbons (Fsp3) is 0.875. The highest BCUT2D eigenvalue weighted by Crippen LogP contribution is 2.02. The Morgan fingerprint density at radius 2 is 1.67 bits per heavy atom. The number of ketones is 1. The van der Waals surface area contributed by atoms with Crippen LogP contribution in [0.5, 0.6) is 0 Å². The smallest absolute Gasteiger partial charge is 0.219 e. The van der Waals surface area contributed by atoms with E-state index in [0.717, 1.165) is 51.6 Å². The van der Waals surface area contributed by atoms with Crippen molar-refractivity contribution in [2.75, 3.05) is 34.0 Å². The van der Waals surface area contributed by atoms with Crippen molar-refractivity contribution in [1.29, 1.82) is 0 Å². The lowest BCUT2D eigenvalue weighted by Crippen LogP contribution is -2.24. The van der Waals surface area contributed by atoms with Gasteiger partial charge in [0.15, 0.2) is 0 Å². The van der Waals surface area contributed by atoms with Crippen molar-refractivity contribution in [2.24, 2.45) is 0 Å². The molecule has 0 atom stereocenters. The lowest BCUT2D eigenvalue weighted by atomic mass is 10.1. The van der Waals surface area contributed by atoms with Gasteiger partial charge in [-0.05, 0) is 46.2 Å². The fourth-order valence-corrected chi connectivity index (χ4v) is 2.12. The second kappa shape index (κ2) is 14.0. The van der Waals surface area contributed by atoms with E-state index in [1.807, 2.05) is 7.05 Å². The maximum Gasteiger partial charge on any atom is 0.219 e. The Bertz CT molecular complexity index is 283. The third-order valence-corrected chi connectivity index (χ3v) is 3.32. The van der Waals surface area contributed by atoms with Gasteiger partial charge >= 0.3 is 0 Å². The Balaban J connectivity index is 3.29. The van der Waals surface area contributed by atoms with Crippen LogP contribution in [0.1, 0.15) is 58.3 Å². The van der Waals surface area contributed by atoms with E-state index in [0.29, 0.717) is 19.6 Å². The number of unbranched alkanes of at least 4 members (excludes halogenated alkanes) is 4. The number of hydrogen-bond donors (Lipinski definition) is 1. The molecular weight excluding hydrogens is 268 g/mol. The molecular formula is C16H32N2O3. The molecule has 0 aromatic heterocycles. The van der Waals surface area contributed by atoms with Gasteiger partial charge in [0.25, 0.3) is 0 Å². The zero-order chi connectivity index (χ0) is 15.9. The fourth-order valence-electron chi connectivity index (χ4n) is 2.12. The zero-order valence-corrected chi connectivity index (χ0v) is 14.0. The monoisotopic (exact) mass is 300 g/mol. The van der Waals surface area contributed by atoms with Crippen LogP contribution in [0.3, 0.4) is 0 Å². The van der Waals surface area contributed by atoms with Crippen LogP contribution in [0, 0.1) is 0 Å². The zero-order valence-electron chi connectivity index (χ0n) is 14.0. The van der Waals surface area contributed by atoms with Gasteiger partial charge in [-0.2, -0.15) is 0 Å². The summed E-state index contributed by atoms with van der Waals surface area (Å²) in [5.74, 6) is 0.391. The largest absolute Gasteiger partial charge is 0.369 e. The van der Waals surface area contributed by atoms with Crippen molar-refractivity contribution in [3.8, 4) is 0 Å². The average Bonchev–Trinajstić information content (AvgIpc) is 2.42. The van der Waals surface area contributed by atoms with E-state index in [2.05, 4.69) is 10.2 Å². The van der Waals surface area contributed by atoms with Crippen LogP contribution in [-0.4, -0.2) is 50.6 Å². The summed E-state index contributed by atoms with van der Waals surface area (Å²) in [6, 6.07) is 0. The molecule has 5 heteroatoms. The van der Waals surface area contributed by atoms with Crippen molar-refractivity contribution in [2.45, 2.75) is 58.3 Å². The predicted octanol–water partition coefficient (Wildman–Crippen LogP) is 2.35. The molecule has 0 unspecified atom stereocenters. The summed E-state index contributed by atoms with van der Waals surface area (Å²) in [6.07, 6.45) is 7.27. The van der Waals surface area contributed by atoms with Gasteiger partial charge in [-0.15, -0.1) is 0 Å². The van der Waals surface area contributed by atoms with E-state index in [1.165, 1.54) is 0 Å².